The molecule has 116 valence electrons. The van der Waals surface area contributed by atoms with Gasteiger partial charge in [0.05, 0.1) is 5.56 Å². The number of benzene rings is 1. The number of anilines is 1. The zero-order valence-corrected chi connectivity index (χ0v) is 13.1. The van der Waals surface area contributed by atoms with Gasteiger partial charge in [-0.1, -0.05) is 6.92 Å². The molecule has 0 radical (unpaired) electrons. The summed E-state index contributed by atoms with van der Waals surface area (Å²) in [5.41, 5.74) is 1.41. The van der Waals surface area contributed by atoms with Crippen LogP contribution in [0.4, 0.5) is 10.5 Å². The first kappa shape index (κ1) is 17.2. The summed E-state index contributed by atoms with van der Waals surface area (Å²) >= 11 is 0. The number of urea groups is 1. The van der Waals surface area contributed by atoms with Crippen molar-refractivity contribution in [2.24, 2.45) is 0 Å². The third-order valence-electron chi connectivity index (χ3n) is 3.12. The van der Waals surface area contributed by atoms with Crippen LogP contribution in [0.2, 0.25) is 0 Å². The molecule has 0 aromatic heterocycles. The van der Waals surface area contributed by atoms with E-state index in [1.165, 1.54) is 12.1 Å². The molecule has 7 heteroatoms. The molecule has 2 atom stereocenters. The van der Waals surface area contributed by atoms with Crippen LogP contribution in [0, 0.1) is 6.92 Å². The Kier molecular flexibility index (Phi) is 6.36. The average molecular weight is 312 g/mol. The van der Waals surface area contributed by atoms with Gasteiger partial charge in [0.1, 0.15) is 0 Å². The van der Waals surface area contributed by atoms with E-state index in [1.54, 1.807) is 19.2 Å². The lowest BCUT2D eigenvalue weighted by molar-refractivity contribution is 0.0697. The SMILES string of the molecule is Cc1cc(C(=O)O)ccc1NC(=O)NCCC(C)S(C)=O. The fourth-order valence-electron chi connectivity index (χ4n) is 1.66. The van der Waals surface area contributed by atoms with Crippen molar-refractivity contribution in [3.05, 3.63) is 29.3 Å². The highest BCUT2D eigenvalue weighted by Gasteiger charge is 2.09. The Hall–Kier alpha value is -1.89. The van der Waals surface area contributed by atoms with Crippen LogP contribution in [0.25, 0.3) is 0 Å². The number of carboxylic acid groups (broad SMARTS) is 1. The number of carboxylic acids is 1. The Bertz CT molecular complexity index is 560. The summed E-state index contributed by atoms with van der Waals surface area (Å²) in [7, 11) is -0.901. The zero-order valence-electron chi connectivity index (χ0n) is 12.3. The number of hydrogen-bond donors (Lipinski definition) is 3. The van der Waals surface area contributed by atoms with Crippen LogP contribution in [0.15, 0.2) is 18.2 Å². The maximum absolute atomic E-state index is 11.7. The minimum Gasteiger partial charge on any atom is -0.478 e. The normalized spacial score (nSPS) is 13.3. The second kappa shape index (κ2) is 7.78. The van der Waals surface area contributed by atoms with Gasteiger partial charge in [-0.2, -0.15) is 0 Å². The molecule has 0 saturated carbocycles. The molecular formula is C14H20N2O4S. The van der Waals surface area contributed by atoms with Crippen molar-refractivity contribution in [3.63, 3.8) is 0 Å². The molecule has 21 heavy (non-hydrogen) atoms. The first-order chi connectivity index (χ1) is 9.81. The standard InChI is InChI=1S/C14H20N2O4S/c1-9-8-11(13(17)18)4-5-12(9)16-14(19)15-7-6-10(2)21(3)20/h4-5,8,10H,6-7H2,1-3H3,(H,17,18)(H2,15,16,19). The van der Waals surface area contributed by atoms with Crippen LogP contribution in [-0.4, -0.2) is 39.4 Å². The highest BCUT2D eigenvalue weighted by atomic mass is 32.2. The Morgan fingerprint density at radius 1 is 1.38 bits per heavy atom. The number of carbonyl (C=O) groups is 2. The topological polar surface area (TPSA) is 95.5 Å². The van der Waals surface area contributed by atoms with Gasteiger partial charge < -0.3 is 15.7 Å². The second-order valence-corrected chi connectivity index (χ2v) is 6.62. The Balaban J connectivity index is 2.52. The van der Waals surface area contributed by atoms with Gasteiger partial charge in [-0.3, -0.25) is 4.21 Å². The van der Waals surface area contributed by atoms with Gasteiger partial charge in [-0.25, -0.2) is 9.59 Å². The molecule has 3 N–H and O–H groups in total. The van der Waals surface area contributed by atoms with E-state index in [4.69, 9.17) is 5.11 Å². The summed E-state index contributed by atoms with van der Waals surface area (Å²) in [5, 5.41) is 14.2. The molecule has 0 aliphatic heterocycles. The van der Waals surface area contributed by atoms with Gasteiger partial charge in [0.15, 0.2) is 0 Å². The summed E-state index contributed by atoms with van der Waals surface area (Å²) in [6, 6.07) is 4.13. The molecule has 0 fully saturated rings. The summed E-state index contributed by atoms with van der Waals surface area (Å²) in [4.78, 5) is 22.5. The fraction of sp³-hybridized carbons (Fsp3) is 0.429. The monoisotopic (exact) mass is 312 g/mol. The van der Waals surface area contributed by atoms with Crippen LogP contribution in [0.1, 0.15) is 29.3 Å². The van der Waals surface area contributed by atoms with E-state index < -0.39 is 16.8 Å². The number of carbonyl (C=O) groups excluding carboxylic acids is 1. The van der Waals surface area contributed by atoms with Crippen molar-refractivity contribution < 1.29 is 18.9 Å². The van der Waals surface area contributed by atoms with Crippen molar-refractivity contribution in [1.82, 2.24) is 5.32 Å². The molecule has 2 amide bonds. The van der Waals surface area contributed by atoms with Crippen LogP contribution < -0.4 is 10.6 Å². The molecular weight excluding hydrogens is 292 g/mol. The van der Waals surface area contributed by atoms with Crippen molar-refractivity contribution in [3.8, 4) is 0 Å². The van der Waals surface area contributed by atoms with Crippen LogP contribution >= 0.6 is 0 Å². The molecule has 0 saturated heterocycles. The Labute approximate surface area is 126 Å². The van der Waals surface area contributed by atoms with Gasteiger partial charge in [0.25, 0.3) is 0 Å². The van der Waals surface area contributed by atoms with E-state index in [2.05, 4.69) is 10.6 Å². The minimum absolute atomic E-state index is 0.0295. The van der Waals surface area contributed by atoms with Crippen LogP contribution in [0.3, 0.4) is 0 Å². The first-order valence-electron chi connectivity index (χ1n) is 6.52. The number of aromatic carboxylic acids is 1. The smallest absolute Gasteiger partial charge is 0.335 e. The molecule has 1 aromatic rings. The molecule has 0 aliphatic carbocycles. The fourth-order valence-corrected chi connectivity index (χ4v) is 2.11. The number of nitrogens with one attached hydrogen (secondary N) is 2. The van der Waals surface area contributed by atoms with Gasteiger partial charge in [-0.05, 0) is 37.1 Å². The van der Waals surface area contributed by atoms with Gasteiger partial charge in [0, 0.05) is 34.5 Å². The summed E-state index contributed by atoms with van der Waals surface area (Å²) in [5.74, 6) is -1.00. The minimum atomic E-state index is -1.00. The van der Waals surface area contributed by atoms with Crippen LogP contribution in [-0.2, 0) is 10.8 Å². The van der Waals surface area contributed by atoms with Crippen LogP contribution in [0.5, 0.6) is 0 Å². The lowest BCUT2D eigenvalue weighted by Crippen LogP contribution is -2.31. The van der Waals surface area contributed by atoms with E-state index in [0.717, 1.165) is 0 Å². The number of aryl methyl sites for hydroxylation is 1. The van der Waals surface area contributed by atoms with Crippen molar-refractivity contribution >= 4 is 28.5 Å². The molecule has 0 bridgehead atoms. The number of hydrogen-bond acceptors (Lipinski definition) is 3. The lowest BCUT2D eigenvalue weighted by atomic mass is 10.1. The second-order valence-electron chi connectivity index (χ2n) is 4.81. The maximum atomic E-state index is 11.7. The quantitative estimate of drug-likeness (QED) is 0.748. The highest BCUT2D eigenvalue weighted by Crippen LogP contribution is 2.16. The number of amides is 2. The molecule has 1 rings (SSSR count). The maximum Gasteiger partial charge on any atom is 0.335 e. The third-order valence-corrected chi connectivity index (χ3v) is 4.49. The summed E-state index contributed by atoms with van der Waals surface area (Å²) < 4.78 is 11.2. The molecule has 0 spiro atoms. The number of rotatable bonds is 6. The Morgan fingerprint density at radius 3 is 2.57 bits per heavy atom. The van der Waals surface area contributed by atoms with E-state index in [0.29, 0.717) is 24.2 Å². The van der Waals surface area contributed by atoms with Gasteiger partial charge >= 0.3 is 12.0 Å². The van der Waals surface area contributed by atoms with Crippen molar-refractivity contribution in [1.29, 1.82) is 0 Å². The van der Waals surface area contributed by atoms with Gasteiger partial charge in [-0.15, -0.1) is 0 Å². The molecule has 6 nitrogen and oxygen atoms in total. The average Bonchev–Trinajstić information content (AvgIpc) is 2.40. The van der Waals surface area contributed by atoms with E-state index in [1.807, 2.05) is 6.92 Å². The highest BCUT2D eigenvalue weighted by molar-refractivity contribution is 7.84. The first-order valence-corrected chi connectivity index (χ1v) is 8.14. The molecule has 2 unspecified atom stereocenters. The van der Waals surface area contributed by atoms with E-state index in [9.17, 15) is 13.8 Å². The predicted octanol–water partition coefficient (Wildman–Crippen LogP) is 1.97. The zero-order chi connectivity index (χ0) is 16.0. The predicted molar refractivity (Wildman–Crippen MR) is 83.3 cm³/mol. The van der Waals surface area contributed by atoms with Crippen molar-refractivity contribution in [2.45, 2.75) is 25.5 Å². The van der Waals surface area contributed by atoms with E-state index in [-0.39, 0.29) is 16.8 Å². The largest absolute Gasteiger partial charge is 0.478 e. The summed E-state index contributed by atoms with van der Waals surface area (Å²) in [6.07, 6.45) is 2.27. The van der Waals surface area contributed by atoms with Gasteiger partial charge in [0.2, 0.25) is 0 Å². The molecule has 1 aromatic carbocycles. The third kappa shape index (κ3) is 5.55. The lowest BCUT2D eigenvalue weighted by Gasteiger charge is -2.12. The Morgan fingerprint density at radius 2 is 2.05 bits per heavy atom. The summed E-state index contributed by atoms with van der Waals surface area (Å²) in [6.45, 7) is 4.02. The van der Waals surface area contributed by atoms with Crippen molar-refractivity contribution in [2.75, 3.05) is 18.1 Å². The molecule has 0 aliphatic rings. The molecule has 0 heterocycles. The van der Waals surface area contributed by atoms with E-state index >= 15 is 0 Å².